The molecule has 0 saturated heterocycles. The van der Waals surface area contributed by atoms with Crippen molar-refractivity contribution in [3.8, 4) is 0 Å². The van der Waals surface area contributed by atoms with Crippen LogP contribution in [0.4, 0.5) is 0 Å². The highest BCUT2D eigenvalue weighted by atomic mass is 32.1. The molecule has 0 bridgehead atoms. The Bertz CT molecular complexity index is 145. The van der Waals surface area contributed by atoms with E-state index in [0.717, 1.165) is 6.54 Å². The highest BCUT2D eigenvalue weighted by molar-refractivity contribution is 7.81. The lowest BCUT2D eigenvalue weighted by Crippen LogP contribution is -2.35. The molecule has 0 aliphatic carbocycles. The summed E-state index contributed by atoms with van der Waals surface area (Å²) in [6, 6.07) is 0. The zero-order chi connectivity index (χ0) is 8.85. The molecule has 0 spiro atoms. The number of rotatable bonds is 4. The van der Waals surface area contributed by atoms with E-state index in [4.69, 9.17) is 0 Å². The maximum Gasteiger partial charge on any atom is 0.235 e. The summed E-state index contributed by atoms with van der Waals surface area (Å²) in [6.07, 6.45) is 1.72. The van der Waals surface area contributed by atoms with Gasteiger partial charge in [0.25, 0.3) is 0 Å². The summed E-state index contributed by atoms with van der Waals surface area (Å²) >= 11 is 4.05. The van der Waals surface area contributed by atoms with Gasteiger partial charge in [-0.25, -0.2) is 0 Å². The number of carbonyl (C=O) groups is 1. The van der Waals surface area contributed by atoms with E-state index in [2.05, 4.69) is 19.2 Å². The third kappa shape index (κ3) is 3.46. The fourth-order valence-corrected chi connectivity index (χ4v) is 0.958. The molecule has 0 aliphatic rings. The topological polar surface area (TPSA) is 20.3 Å². The van der Waals surface area contributed by atoms with E-state index in [0.29, 0.717) is 6.54 Å². The van der Waals surface area contributed by atoms with E-state index in [-0.39, 0.29) is 11.2 Å². The second-order valence-corrected chi connectivity index (χ2v) is 3.12. The number of amides is 1. The fraction of sp³-hybridized carbons (Fsp3) is 0.625. The largest absolute Gasteiger partial charge is 0.338 e. The van der Waals surface area contributed by atoms with Gasteiger partial charge in [-0.2, -0.15) is 12.6 Å². The van der Waals surface area contributed by atoms with Crippen LogP contribution in [0.3, 0.4) is 0 Å². The number of hydrogen-bond donors (Lipinski definition) is 1. The Morgan fingerprint density at radius 1 is 1.82 bits per heavy atom. The van der Waals surface area contributed by atoms with Crippen molar-refractivity contribution in [2.45, 2.75) is 19.1 Å². The van der Waals surface area contributed by atoms with Crippen LogP contribution >= 0.6 is 12.6 Å². The minimum absolute atomic E-state index is 0.0655. The number of likely N-dealkylation sites (N-methyl/N-ethyl adjacent to an activating group) is 1. The van der Waals surface area contributed by atoms with Crippen LogP contribution in [0, 0.1) is 0 Å². The molecule has 1 atom stereocenters. The van der Waals surface area contributed by atoms with E-state index in [1.165, 1.54) is 0 Å². The van der Waals surface area contributed by atoms with Crippen molar-refractivity contribution in [3.63, 3.8) is 0 Å². The van der Waals surface area contributed by atoms with Gasteiger partial charge in [0.1, 0.15) is 0 Å². The lowest BCUT2D eigenvalue weighted by atomic mass is 10.3. The number of hydrogen-bond acceptors (Lipinski definition) is 2. The summed E-state index contributed by atoms with van der Waals surface area (Å²) in [5.41, 5.74) is 0. The van der Waals surface area contributed by atoms with Crippen LogP contribution in [0.1, 0.15) is 13.8 Å². The third-order valence-corrected chi connectivity index (χ3v) is 1.62. The second-order valence-electron chi connectivity index (χ2n) is 2.34. The summed E-state index contributed by atoms with van der Waals surface area (Å²) in [6.45, 7) is 8.62. The van der Waals surface area contributed by atoms with Gasteiger partial charge < -0.3 is 4.90 Å². The quantitative estimate of drug-likeness (QED) is 0.502. The van der Waals surface area contributed by atoms with Crippen molar-refractivity contribution in [1.82, 2.24) is 4.90 Å². The first-order chi connectivity index (χ1) is 5.13. The smallest absolute Gasteiger partial charge is 0.235 e. The summed E-state index contributed by atoms with van der Waals surface area (Å²) in [5.74, 6) is 0.0655. The van der Waals surface area contributed by atoms with E-state index >= 15 is 0 Å². The van der Waals surface area contributed by atoms with Crippen molar-refractivity contribution < 1.29 is 4.79 Å². The average molecular weight is 173 g/mol. The van der Waals surface area contributed by atoms with Crippen LogP contribution in [0.5, 0.6) is 0 Å². The Labute approximate surface area is 73.7 Å². The van der Waals surface area contributed by atoms with Crippen molar-refractivity contribution >= 4 is 18.5 Å². The van der Waals surface area contributed by atoms with Crippen LogP contribution in [-0.2, 0) is 4.79 Å². The standard InChI is InChI=1S/C8H15NOS/c1-4-6-9(5-2)8(10)7(3)11/h4,7,11H,1,5-6H2,2-3H3. The van der Waals surface area contributed by atoms with Gasteiger partial charge in [0.2, 0.25) is 5.91 Å². The molecule has 0 aromatic heterocycles. The molecule has 0 heterocycles. The van der Waals surface area contributed by atoms with Gasteiger partial charge in [-0.15, -0.1) is 6.58 Å². The molecule has 1 amide bonds. The maximum atomic E-state index is 11.3. The molecule has 2 nitrogen and oxygen atoms in total. The van der Waals surface area contributed by atoms with Crippen LogP contribution in [0.25, 0.3) is 0 Å². The lowest BCUT2D eigenvalue weighted by Gasteiger charge is -2.20. The summed E-state index contributed by atoms with van der Waals surface area (Å²) in [7, 11) is 0. The normalized spacial score (nSPS) is 12.3. The molecule has 0 rings (SSSR count). The van der Waals surface area contributed by atoms with Crippen LogP contribution in [0.2, 0.25) is 0 Å². The first kappa shape index (κ1) is 10.6. The SMILES string of the molecule is C=CCN(CC)C(=O)C(C)S. The Balaban J connectivity index is 4.02. The first-order valence-electron chi connectivity index (χ1n) is 3.71. The molecular weight excluding hydrogens is 158 g/mol. The van der Waals surface area contributed by atoms with Gasteiger partial charge in [0.15, 0.2) is 0 Å². The molecule has 0 fully saturated rings. The Kier molecular flexibility index (Phi) is 5.03. The summed E-state index contributed by atoms with van der Waals surface area (Å²) < 4.78 is 0. The van der Waals surface area contributed by atoms with Crippen molar-refractivity contribution in [2.75, 3.05) is 13.1 Å². The molecule has 0 saturated carbocycles. The fourth-order valence-electron chi connectivity index (χ4n) is 0.795. The Morgan fingerprint density at radius 2 is 2.36 bits per heavy atom. The maximum absolute atomic E-state index is 11.3. The monoisotopic (exact) mass is 173 g/mol. The highest BCUT2D eigenvalue weighted by Crippen LogP contribution is 2.00. The van der Waals surface area contributed by atoms with Crippen molar-refractivity contribution in [3.05, 3.63) is 12.7 Å². The van der Waals surface area contributed by atoms with E-state index in [9.17, 15) is 4.79 Å². The first-order valence-corrected chi connectivity index (χ1v) is 4.22. The van der Waals surface area contributed by atoms with Crippen molar-refractivity contribution in [1.29, 1.82) is 0 Å². The van der Waals surface area contributed by atoms with Gasteiger partial charge >= 0.3 is 0 Å². The zero-order valence-electron chi connectivity index (χ0n) is 7.08. The molecule has 11 heavy (non-hydrogen) atoms. The van der Waals surface area contributed by atoms with Gasteiger partial charge in [-0.05, 0) is 13.8 Å². The number of thiol groups is 1. The molecule has 0 radical (unpaired) electrons. The highest BCUT2D eigenvalue weighted by Gasteiger charge is 2.13. The minimum Gasteiger partial charge on any atom is -0.338 e. The number of carbonyl (C=O) groups excluding carboxylic acids is 1. The third-order valence-electron chi connectivity index (χ3n) is 1.40. The van der Waals surface area contributed by atoms with Gasteiger partial charge in [0, 0.05) is 13.1 Å². The molecule has 0 aromatic rings. The van der Waals surface area contributed by atoms with Gasteiger partial charge in [0.05, 0.1) is 5.25 Å². The number of nitrogens with zero attached hydrogens (tertiary/aromatic N) is 1. The van der Waals surface area contributed by atoms with E-state index in [1.54, 1.807) is 17.9 Å². The summed E-state index contributed by atoms with van der Waals surface area (Å²) in [5, 5.41) is -0.213. The average Bonchev–Trinajstić information content (AvgIpc) is 1.98. The molecule has 1 unspecified atom stereocenters. The Morgan fingerprint density at radius 3 is 2.64 bits per heavy atom. The van der Waals surface area contributed by atoms with Crippen LogP contribution in [0.15, 0.2) is 12.7 Å². The van der Waals surface area contributed by atoms with E-state index in [1.807, 2.05) is 6.92 Å². The Hall–Kier alpha value is -0.440. The van der Waals surface area contributed by atoms with Crippen LogP contribution in [-0.4, -0.2) is 29.1 Å². The van der Waals surface area contributed by atoms with Crippen LogP contribution < -0.4 is 0 Å². The zero-order valence-corrected chi connectivity index (χ0v) is 7.97. The minimum atomic E-state index is -0.213. The molecule has 3 heteroatoms. The second kappa shape index (κ2) is 5.24. The van der Waals surface area contributed by atoms with Gasteiger partial charge in [-0.1, -0.05) is 6.08 Å². The van der Waals surface area contributed by atoms with Crippen molar-refractivity contribution in [2.24, 2.45) is 0 Å². The predicted molar refractivity (Wildman–Crippen MR) is 50.9 cm³/mol. The molecule has 0 aromatic carbocycles. The van der Waals surface area contributed by atoms with Gasteiger partial charge in [-0.3, -0.25) is 4.79 Å². The molecular formula is C8H15NOS. The predicted octanol–water partition coefficient (Wildman–Crippen LogP) is 1.34. The van der Waals surface area contributed by atoms with E-state index < -0.39 is 0 Å². The lowest BCUT2D eigenvalue weighted by molar-refractivity contribution is -0.129. The molecule has 64 valence electrons. The molecule has 0 N–H and O–H groups in total. The molecule has 0 aliphatic heterocycles. The summed E-state index contributed by atoms with van der Waals surface area (Å²) in [4.78, 5) is 13.0.